The molecule has 86 valence electrons. The molecule has 9 heteroatoms. The lowest BCUT2D eigenvalue weighted by Gasteiger charge is -2.02. The molecule has 0 fully saturated rings. The fraction of sp³-hybridized carbons (Fsp3) is 0. The molecule has 0 heterocycles. The van der Waals surface area contributed by atoms with E-state index in [0.717, 1.165) is 18.2 Å². The molecule has 1 aromatic rings. The molecule has 0 unspecified atom stereocenters. The first kappa shape index (κ1) is 12.1. The maximum Gasteiger partial charge on any atom is 0.342 e. The van der Waals surface area contributed by atoms with Crippen molar-refractivity contribution >= 4 is 21.7 Å². The number of aromatic carboxylic acids is 1. The highest BCUT2D eigenvalue weighted by molar-refractivity contribution is 7.89. The molecule has 0 aliphatic rings. The first-order valence-corrected chi connectivity index (χ1v) is 5.33. The Balaban J connectivity index is 3.72. The fourth-order valence-electron chi connectivity index (χ4n) is 1.11. The molecule has 3 N–H and O–H groups in total. The van der Waals surface area contributed by atoms with Crippen LogP contribution in [0.2, 0.25) is 0 Å². The highest BCUT2D eigenvalue weighted by Crippen LogP contribution is 2.26. The van der Waals surface area contributed by atoms with Crippen LogP contribution in [0, 0.1) is 10.1 Å². The van der Waals surface area contributed by atoms with Gasteiger partial charge in [0, 0.05) is 0 Å². The third-order valence-electron chi connectivity index (χ3n) is 1.72. The number of carboxylic acid groups (broad SMARTS) is 1. The number of nitrogens with zero attached hydrogens (tertiary/aromatic N) is 1. The van der Waals surface area contributed by atoms with Crippen LogP contribution in [-0.4, -0.2) is 24.4 Å². The van der Waals surface area contributed by atoms with Crippen molar-refractivity contribution in [3.8, 4) is 0 Å². The topological polar surface area (TPSA) is 141 Å². The largest absolute Gasteiger partial charge is 0.477 e. The number of sulfonamides is 1. The molecule has 1 rings (SSSR count). The standard InChI is InChI=1S/C7H6N2O6S/c8-16(14,15)5-3-1-2-4(7(10)11)6(5)9(12)13/h1-3H,(H,10,11)(H2,8,14,15). The minimum atomic E-state index is -4.34. The summed E-state index contributed by atoms with van der Waals surface area (Å²) in [4.78, 5) is 19.4. The molecule has 0 saturated carbocycles. The van der Waals surface area contributed by atoms with Crippen LogP contribution in [0.3, 0.4) is 0 Å². The van der Waals surface area contributed by atoms with E-state index in [4.69, 9.17) is 10.2 Å². The van der Waals surface area contributed by atoms with E-state index in [-0.39, 0.29) is 0 Å². The van der Waals surface area contributed by atoms with Gasteiger partial charge in [-0.15, -0.1) is 0 Å². The number of nitro benzene ring substituents is 1. The Morgan fingerprint density at radius 1 is 1.44 bits per heavy atom. The predicted molar refractivity (Wildman–Crippen MR) is 51.4 cm³/mol. The summed E-state index contributed by atoms with van der Waals surface area (Å²) in [6, 6.07) is 2.87. The summed E-state index contributed by atoms with van der Waals surface area (Å²) < 4.78 is 22.0. The maximum atomic E-state index is 11.0. The third-order valence-corrected chi connectivity index (χ3v) is 2.66. The van der Waals surface area contributed by atoms with Crippen LogP contribution in [0.15, 0.2) is 23.1 Å². The summed E-state index contributed by atoms with van der Waals surface area (Å²) in [7, 11) is -4.34. The van der Waals surface area contributed by atoms with Crippen LogP contribution in [0.25, 0.3) is 0 Å². The maximum absolute atomic E-state index is 11.0. The lowest BCUT2D eigenvalue weighted by atomic mass is 10.2. The number of carboxylic acids is 1. The SMILES string of the molecule is NS(=O)(=O)c1cccc(C(=O)O)c1[N+](=O)[O-]. The average Bonchev–Trinajstić information content (AvgIpc) is 2.14. The molecule has 0 atom stereocenters. The van der Waals surface area contributed by atoms with Gasteiger partial charge in [-0.1, -0.05) is 6.07 Å². The molecule has 0 amide bonds. The zero-order valence-corrected chi connectivity index (χ0v) is 8.47. The number of hydrogen-bond donors (Lipinski definition) is 2. The Kier molecular flexibility index (Phi) is 2.92. The Morgan fingerprint density at radius 2 is 2.00 bits per heavy atom. The van der Waals surface area contributed by atoms with Crippen molar-refractivity contribution in [2.75, 3.05) is 0 Å². The van der Waals surface area contributed by atoms with Gasteiger partial charge in [-0.2, -0.15) is 0 Å². The van der Waals surface area contributed by atoms with Gasteiger partial charge in [0.2, 0.25) is 10.0 Å². The van der Waals surface area contributed by atoms with Crippen LogP contribution >= 0.6 is 0 Å². The second kappa shape index (κ2) is 3.87. The number of nitrogens with two attached hydrogens (primary N) is 1. The van der Waals surface area contributed by atoms with Crippen molar-refractivity contribution in [3.05, 3.63) is 33.9 Å². The molecule has 0 spiro atoms. The summed E-state index contributed by atoms with van der Waals surface area (Å²) in [6.07, 6.45) is 0. The number of carbonyl (C=O) groups is 1. The molecular weight excluding hydrogens is 240 g/mol. The van der Waals surface area contributed by atoms with E-state index in [1.807, 2.05) is 0 Å². The molecule has 0 saturated heterocycles. The Hall–Kier alpha value is -2.00. The third kappa shape index (κ3) is 2.15. The Morgan fingerprint density at radius 3 is 2.38 bits per heavy atom. The summed E-state index contributed by atoms with van der Waals surface area (Å²) in [5.41, 5.74) is -1.76. The highest BCUT2D eigenvalue weighted by atomic mass is 32.2. The van der Waals surface area contributed by atoms with Gasteiger partial charge in [-0.05, 0) is 12.1 Å². The van der Waals surface area contributed by atoms with Crippen LogP contribution in [0.4, 0.5) is 5.69 Å². The smallest absolute Gasteiger partial charge is 0.342 e. The molecule has 0 aliphatic carbocycles. The van der Waals surface area contributed by atoms with Crippen molar-refractivity contribution < 1.29 is 23.2 Å². The monoisotopic (exact) mass is 246 g/mol. The Labute approximate surface area is 89.5 Å². The molecule has 8 nitrogen and oxygen atoms in total. The van der Waals surface area contributed by atoms with Gasteiger partial charge in [0.25, 0.3) is 0 Å². The lowest BCUT2D eigenvalue weighted by Crippen LogP contribution is -2.16. The first-order valence-electron chi connectivity index (χ1n) is 3.78. The van der Waals surface area contributed by atoms with E-state index in [1.165, 1.54) is 0 Å². The number of nitro groups is 1. The van der Waals surface area contributed by atoms with E-state index in [9.17, 15) is 23.3 Å². The molecule has 0 aliphatic heterocycles. The van der Waals surface area contributed by atoms with E-state index in [2.05, 4.69) is 0 Å². The second-order valence-corrected chi connectivity index (χ2v) is 4.29. The van der Waals surface area contributed by atoms with Gasteiger partial charge in [0.05, 0.1) is 4.92 Å². The number of rotatable bonds is 3. The van der Waals surface area contributed by atoms with Gasteiger partial charge in [-0.3, -0.25) is 10.1 Å². The van der Waals surface area contributed by atoms with Crippen LogP contribution in [-0.2, 0) is 10.0 Å². The lowest BCUT2D eigenvalue weighted by molar-refractivity contribution is -0.388. The van der Waals surface area contributed by atoms with Crippen molar-refractivity contribution in [2.24, 2.45) is 5.14 Å². The minimum Gasteiger partial charge on any atom is -0.477 e. The summed E-state index contributed by atoms with van der Waals surface area (Å²) in [5, 5.41) is 24.0. The Bertz CT molecular complexity index is 564. The van der Waals surface area contributed by atoms with Gasteiger partial charge in [0.1, 0.15) is 5.56 Å². The molecule has 0 aromatic heterocycles. The van der Waals surface area contributed by atoms with Crippen LogP contribution in [0.1, 0.15) is 10.4 Å². The van der Waals surface area contributed by atoms with Crippen molar-refractivity contribution in [1.82, 2.24) is 0 Å². The second-order valence-electron chi connectivity index (χ2n) is 2.76. The van der Waals surface area contributed by atoms with E-state index < -0.39 is 37.1 Å². The molecule has 1 aromatic carbocycles. The van der Waals surface area contributed by atoms with Crippen molar-refractivity contribution in [3.63, 3.8) is 0 Å². The number of para-hydroxylation sites is 1. The molecule has 0 bridgehead atoms. The van der Waals surface area contributed by atoms with Crippen LogP contribution in [0.5, 0.6) is 0 Å². The van der Waals surface area contributed by atoms with Gasteiger partial charge in [-0.25, -0.2) is 18.4 Å². The number of primary sulfonamides is 1. The fourth-order valence-corrected chi connectivity index (χ4v) is 1.84. The minimum absolute atomic E-state index is 0.725. The zero-order valence-electron chi connectivity index (χ0n) is 7.65. The number of hydrogen-bond acceptors (Lipinski definition) is 5. The molecular formula is C7H6N2O6S. The van der Waals surface area contributed by atoms with E-state index >= 15 is 0 Å². The molecule has 16 heavy (non-hydrogen) atoms. The first-order chi connectivity index (χ1) is 7.25. The summed E-state index contributed by atoms with van der Waals surface area (Å²) >= 11 is 0. The van der Waals surface area contributed by atoms with E-state index in [1.54, 1.807) is 0 Å². The van der Waals surface area contributed by atoms with E-state index in [0.29, 0.717) is 0 Å². The summed E-state index contributed by atoms with van der Waals surface area (Å²) in [5.74, 6) is -1.60. The van der Waals surface area contributed by atoms with Crippen molar-refractivity contribution in [2.45, 2.75) is 4.90 Å². The van der Waals surface area contributed by atoms with Gasteiger partial charge < -0.3 is 5.11 Å². The van der Waals surface area contributed by atoms with Gasteiger partial charge >= 0.3 is 11.7 Å². The highest BCUT2D eigenvalue weighted by Gasteiger charge is 2.29. The van der Waals surface area contributed by atoms with Crippen molar-refractivity contribution in [1.29, 1.82) is 0 Å². The normalized spacial score (nSPS) is 11.1. The number of benzene rings is 1. The molecule has 0 radical (unpaired) electrons. The van der Waals surface area contributed by atoms with Gasteiger partial charge in [0.15, 0.2) is 4.90 Å². The average molecular weight is 246 g/mol. The quantitative estimate of drug-likeness (QED) is 0.565. The predicted octanol–water partition coefficient (Wildman–Crippen LogP) is -0.0596. The summed E-state index contributed by atoms with van der Waals surface area (Å²) in [6.45, 7) is 0. The zero-order chi connectivity index (χ0) is 12.5. The van der Waals surface area contributed by atoms with Crippen LogP contribution < -0.4 is 5.14 Å².